The number of hydrogen-bond acceptors (Lipinski definition) is 8. The molecule has 13 heteroatoms. The zero-order valence-electron chi connectivity index (χ0n) is 27.8. The number of anilines is 1. The number of carbonyl (C=O) groups is 2. The van der Waals surface area contributed by atoms with Gasteiger partial charge < -0.3 is 14.2 Å². The highest BCUT2D eigenvalue weighted by molar-refractivity contribution is 7.92. The number of likely N-dealkylation sites (tertiary alicyclic amines) is 1. The van der Waals surface area contributed by atoms with Crippen molar-refractivity contribution in [1.82, 2.24) is 15.0 Å². The SMILES string of the molecule is CCCC1=N[C@@]2(CCCN(C(=O)C3(F)CC3)C2)C(=O)N1Cc1ccc(-c2ccccc2S(=O)(=O)Nc2noc(C)c2C)c(COCC)c1. The maximum Gasteiger partial charge on any atom is 0.263 e. The minimum Gasteiger partial charge on any atom is -0.377 e. The van der Waals surface area contributed by atoms with Crippen LogP contribution in [0.4, 0.5) is 10.2 Å². The van der Waals surface area contributed by atoms with Crippen LogP contribution in [0.5, 0.6) is 0 Å². The van der Waals surface area contributed by atoms with Gasteiger partial charge in [0.2, 0.25) is 0 Å². The fourth-order valence-corrected chi connectivity index (χ4v) is 7.80. The van der Waals surface area contributed by atoms with Gasteiger partial charge in [-0.15, -0.1) is 0 Å². The van der Waals surface area contributed by atoms with Crippen molar-refractivity contribution in [2.24, 2.45) is 4.99 Å². The number of piperidine rings is 1. The number of benzene rings is 2. The van der Waals surface area contributed by atoms with Gasteiger partial charge in [-0.1, -0.05) is 48.5 Å². The summed E-state index contributed by atoms with van der Waals surface area (Å²) in [6.07, 6.45) is 2.89. The number of nitrogens with one attached hydrogen (secondary N) is 1. The molecule has 1 saturated heterocycles. The Hall–Kier alpha value is -4.10. The third kappa shape index (κ3) is 6.37. The van der Waals surface area contributed by atoms with Gasteiger partial charge >= 0.3 is 0 Å². The molecule has 0 unspecified atom stereocenters. The molecule has 1 saturated carbocycles. The topological polar surface area (TPSA) is 134 Å². The molecule has 2 aliphatic heterocycles. The lowest BCUT2D eigenvalue weighted by Crippen LogP contribution is -2.56. The fourth-order valence-electron chi connectivity index (χ4n) is 6.52. The highest BCUT2D eigenvalue weighted by Gasteiger charge is 2.57. The second kappa shape index (κ2) is 13.1. The number of hydrogen-bond donors (Lipinski definition) is 1. The molecule has 2 amide bonds. The summed E-state index contributed by atoms with van der Waals surface area (Å²) < 4.78 is 55.6. The molecule has 1 N–H and O–H groups in total. The van der Waals surface area contributed by atoms with Crippen molar-refractivity contribution in [3.63, 3.8) is 0 Å². The van der Waals surface area contributed by atoms with Gasteiger partial charge in [0.1, 0.15) is 11.6 Å². The molecule has 1 aromatic heterocycles. The van der Waals surface area contributed by atoms with Gasteiger partial charge in [0.05, 0.1) is 24.6 Å². The van der Waals surface area contributed by atoms with Crippen LogP contribution in [-0.4, -0.2) is 71.9 Å². The van der Waals surface area contributed by atoms with E-state index in [1.807, 2.05) is 32.0 Å². The van der Waals surface area contributed by atoms with Gasteiger partial charge in [0, 0.05) is 30.7 Å². The van der Waals surface area contributed by atoms with Gasteiger partial charge in [-0.3, -0.25) is 24.2 Å². The van der Waals surface area contributed by atoms with E-state index in [4.69, 9.17) is 14.3 Å². The smallest absolute Gasteiger partial charge is 0.263 e. The van der Waals surface area contributed by atoms with Crippen molar-refractivity contribution in [1.29, 1.82) is 0 Å². The Morgan fingerprint density at radius 1 is 1.10 bits per heavy atom. The third-order valence-corrected chi connectivity index (χ3v) is 10.8. The van der Waals surface area contributed by atoms with E-state index in [1.165, 1.54) is 4.90 Å². The Morgan fingerprint density at radius 2 is 1.88 bits per heavy atom. The van der Waals surface area contributed by atoms with Crippen LogP contribution in [0.25, 0.3) is 11.1 Å². The first-order valence-corrected chi connectivity index (χ1v) is 18.0. The number of rotatable bonds is 12. The van der Waals surface area contributed by atoms with E-state index in [1.54, 1.807) is 43.0 Å². The van der Waals surface area contributed by atoms with E-state index in [9.17, 15) is 22.4 Å². The van der Waals surface area contributed by atoms with Crippen molar-refractivity contribution < 1.29 is 31.7 Å². The first-order valence-electron chi connectivity index (χ1n) is 16.5. The summed E-state index contributed by atoms with van der Waals surface area (Å²) >= 11 is 0. The number of amidine groups is 1. The summed E-state index contributed by atoms with van der Waals surface area (Å²) in [4.78, 5) is 35.3. The number of sulfonamides is 1. The first kappa shape index (κ1) is 33.8. The number of aryl methyl sites for hydroxylation is 1. The van der Waals surface area contributed by atoms with Crippen LogP contribution in [0.3, 0.4) is 0 Å². The van der Waals surface area contributed by atoms with E-state index in [0.717, 1.165) is 17.5 Å². The molecule has 2 fully saturated rings. The summed E-state index contributed by atoms with van der Waals surface area (Å²) in [5, 5.41) is 3.87. The van der Waals surface area contributed by atoms with E-state index in [-0.39, 0.29) is 49.2 Å². The molecule has 48 heavy (non-hydrogen) atoms. The first-order chi connectivity index (χ1) is 22.9. The second-order valence-electron chi connectivity index (χ2n) is 12.9. The number of nitrogens with zero attached hydrogens (tertiary/aromatic N) is 4. The van der Waals surface area contributed by atoms with Crippen LogP contribution >= 0.6 is 0 Å². The maximum absolute atomic E-state index is 14.7. The van der Waals surface area contributed by atoms with E-state index < -0.39 is 27.1 Å². The quantitative estimate of drug-likeness (QED) is 0.260. The standard InChI is InChI=1S/C35H42FN5O6S/c1-5-10-30-37-35(15-9-18-40(22-35)32(42)34(36)16-17-34)33(43)41(30)20-25-13-14-27(26(19-25)21-46-6-2)28-11-7-8-12-29(28)48(44,45)39-31-23(3)24(4)47-38-31/h7-8,11-14,19H,5-6,9-10,15-18,20-22H2,1-4H3,(H,38,39)/t35-/m1/s1. The lowest BCUT2D eigenvalue weighted by molar-refractivity contribution is -0.143. The fraction of sp³-hybridized carbons (Fsp3) is 0.486. The van der Waals surface area contributed by atoms with Gasteiger partial charge in [0.15, 0.2) is 17.0 Å². The third-order valence-electron chi connectivity index (χ3n) is 9.43. The van der Waals surface area contributed by atoms with E-state index >= 15 is 0 Å². The number of amides is 2. The van der Waals surface area contributed by atoms with Gasteiger partial charge in [-0.25, -0.2) is 12.8 Å². The van der Waals surface area contributed by atoms with E-state index in [2.05, 4.69) is 9.88 Å². The van der Waals surface area contributed by atoms with Gasteiger partial charge in [-0.05, 0) is 75.6 Å². The Balaban J connectivity index is 1.30. The zero-order valence-corrected chi connectivity index (χ0v) is 28.7. The molecule has 6 rings (SSSR count). The highest BCUT2D eigenvalue weighted by atomic mass is 32.2. The number of halogens is 1. The average molecular weight is 680 g/mol. The molecule has 2 aromatic carbocycles. The van der Waals surface area contributed by atoms with Crippen LogP contribution in [0.2, 0.25) is 0 Å². The molecule has 256 valence electrons. The Bertz CT molecular complexity index is 1870. The molecular formula is C35H42FN5O6S. The number of aliphatic imine (C=N–C) groups is 1. The predicted molar refractivity (Wildman–Crippen MR) is 179 cm³/mol. The van der Waals surface area contributed by atoms with Gasteiger partial charge in [-0.2, -0.15) is 0 Å². The maximum atomic E-state index is 14.7. The lowest BCUT2D eigenvalue weighted by Gasteiger charge is -2.38. The normalized spacial score (nSPS) is 20.4. The molecular weight excluding hydrogens is 637 g/mol. The number of aromatic nitrogens is 1. The summed E-state index contributed by atoms with van der Waals surface area (Å²) in [5.41, 5.74) is 0.433. The molecule has 11 nitrogen and oxygen atoms in total. The van der Waals surface area contributed by atoms with Crippen molar-refractivity contribution in [2.75, 3.05) is 24.4 Å². The molecule has 3 heterocycles. The number of ether oxygens (including phenoxy) is 1. The van der Waals surface area contributed by atoms with Crippen LogP contribution < -0.4 is 4.72 Å². The summed E-state index contributed by atoms with van der Waals surface area (Å²) in [5.74, 6) is 0.607. The van der Waals surface area contributed by atoms with E-state index in [0.29, 0.717) is 60.7 Å². The summed E-state index contributed by atoms with van der Waals surface area (Å²) in [6.45, 7) is 8.77. The van der Waals surface area contributed by atoms with Crippen molar-refractivity contribution in [3.8, 4) is 11.1 Å². The van der Waals surface area contributed by atoms with Crippen LogP contribution in [0, 0.1) is 13.8 Å². The zero-order chi connectivity index (χ0) is 34.3. The van der Waals surface area contributed by atoms with Crippen LogP contribution in [-0.2, 0) is 37.5 Å². The molecule has 0 radical (unpaired) electrons. The Morgan fingerprint density at radius 3 is 2.56 bits per heavy atom. The number of carbonyl (C=O) groups excluding carboxylic acids is 2. The monoisotopic (exact) mass is 679 g/mol. The van der Waals surface area contributed by atoms with Crippen LogP contribution in [0.15, 0.2) is 56.9 Å². The molecule has 1 spiro atoms. The predicted octanol–water partition coefficient (Wildman–Crippen LogP) is 5.70. The highest BCUT2D eigenvalue weighted by Crippen LogP contribution is 2.43. The molecule has 3 aromatic rings. The molecule has 1 aliphatic carbocycles. The second-order valence-corrected chi connectivity index (χ2v) is 14.6. The number of alkyl halides is 1. The van der Waals surface area contributed by atoms with Crippen molar-refractivity contribution in [2.45, 2.75) is 95.5 Å². The summed E-state index contributed by atoms with van der Waals surface area (Å²) in [6, 6.07) is 12.4. The molecule has 3 aliphatic rings. The van der Waals surface area contributed by atoms with Crippen molar-refractivity contribution >= 4 is 33.5 Å². The lowest BCUT2D eigenvalue weighted by atomic mass is 9.88. The molecule has 0 bridgehead atoms. The Labute approximate surface area is 280 Å². The minimum absolute atomic E-state index is 0.0715. The average Bonchev–Trinajstić information content (AvgIpc) is 3.70. The largest absolute Gasteiger partial charge is 0.377 e. The van der Waals surface area contributed by atoms with Crippen LogP contribution in [0.1, 0.15) is 74.8 Å². The minimum atomic E-state index is -4.05. The molecule has 1 atom stereocenters. The van der Waals surface area contributed by atoms with Crippen molar-refractivity contribution in [3.05, 3.63) is 64.9 Å². The summed E-state index contributed by atoms with van der Waals surface area (Å²) in [7, 11) is -4.05. The Kier molecular flexibility index (Phi) is 9.20. The van der Waals surface area contributed by atoms with Gasteiger partial charge in [0.25, 0.3) is 21.8 Å².